The van der Waals surface area contributed by atoms with Gasteiger partial charge in [0.1, 0.15) is 0 Å². The van der Waals surface area contributed by atoms with E-state index in [-0.39, 0.29) is 0 Å². The fourth-order valence-corrected chi connectivity index (χ4v) is 1.48. The van der Waals surface area contributed by atoms with E-state index in [1.165, 1.54) is 6.42 Å². The summed E-state index contributed by atoms with van der Waals surface area (Å²) in [5.41, 5.74) is 0. The molecule has 1 nitrogen and oxygen atoms in total. The van der Waals surface area contributed by atoms with Crippen molar-refractivity contribution in [3.05, 3.63) is 12.2 Å². The molecular formula is C7H10O. The summed E-state index contributed by atoms with van der Waals surface area (Å²) in [5, 5.41) is 0. The van der Waals surface area contributed by atoms with Gasteiger partial charge in [0.05, 0.1) is 12.2 Å². The molecule has 0 aromatic rings. The fraction of sp³-hybridized carbons (Fsp3) is 0.714. The van der Waals surface area contributed by atoms with Gasteiger partial charge in [-0.15, -0.1) is 0 Å². The van der Waals surface area contributed by atoms with E-state index in [4.69, 9.17) is 4.74 Å². The zero-order valence-corrected chi connectivity index (χ0v) is 5.00. The van der Waals surface area contributed by atoms with E-state index in [0.717, 1.165) is 5.92 Å². The van der Waals surface area contributed by atoms with Crippen LogP contribution >= 0.6 is 0 Å². The van der Waals surface area contributed by atoms with Gasteiger partial charge in [0, 0.05) is 0 Å². The second-order valence-electron chi connectivity index (χ2n) is 2.74. The summed E-state index contributed by atoms with van der Waals surface area (Å²) in [6.45, 7) is 2.24. The molecular weight excluding hydrogens is 100 g/mol. The maximum atomic E-state index is 5.47. The first kappa shape index (κ1) is 4.57. The van der Waals surface area contributed by atoms with Crippen molar-refractivity contribution < 1.29 is 4.74 Å². The molecule has 2 heterocycles. The van der Waals surface area contributed by atoms with E-state index in [1.54, 1.807) is 0 Å². The molecule has 0 unspecified atom stereocenters. The van der Waals surface area contributed by atoms with Crippen LogP contribution in [-0.4, -0.2) is 12.2 Å². The Bertz CT molecular complexity index is 128. The highest BCUT2D eigenvalue weighted by atomic mass is 16.5. The minimum atomic E-state index is 0.458. The summed E-state index contributed by atoms with van der Waals surface area (Å²) < 4.78 is 5.47. The molecule has 44 valence electrons. The number of rotatable bonds is 0. The first-order chi connectivity index (χ1) is 3.86. The summed E-state index contributed by atoms with van der Waals surface area (Å²) in [6, 6.07) is 0. The average molecular weight is 110 g/mol. The van der Waals surface area contributed by atoms with Gasteiger partial charge >= 0.3 is 0 Å². The molecule has 8 heavy (non-hydrogen) atoms. The molecule has 1 saturated heterocycles. The molecule has 2 aliphatic heterocycles. The largest absolute Gasteiger partial charge is 0.367 e. The maximum absolute atomic E-state index is 5.47. The number of hydrogen-bond acceptors (Lipinski definition) is 1. The highest BCUT2D eigenvalue weighted by molar-refractivity contribution is 5.09. The molecule has 1 fully saturated rings. The Morgan fingerprint density at radius 2 is 2.38 bits per heavy atom. The Morgan fingerprint density at radius 1 is 1.50 bits per heavy atom. The smallest absolute Gasteiger partial charge is 0.0791 e. The summed E-state index contributed by atoms with van der Waals surface area (Å²) in [4.78, 5) is 0. The van der Waals surface area contributed by atoms with Crippen LogP contribution in [0, 0.1) is 5.92 Å². The molecule has 0 aromatic carbocycles. The second-order valence-corrected chi connectivity index (χ2v) is 2.74. The van der Waals surface area contributed by atoms with Crippen molar-refractivity contribution in [2.24, 2.45) is 5.92 Å². The van der Waals surface area contributed by atoms with Gasteiger partial charge in [-0.25, -0.2) is 0 Å². The van der Waals surface area contributed by atoms with Crippen molar-refractivity contribution in [3.63, 3.8) is 0 Å². The average Bonchev–Trinajstić information content (AvgIpc) is 2.23. The third kappa shape index (κ3) is 0.451. The topological polar surface area (TPSA) is 9.23 Å². The van der Waals surface area contributed by atoms with Gasteiger partial charge < -0.3 is 4.74 Å². The van der Waals surface area contributed by atoms with Crippen LogP contribution in [0.5, 0.6) is 0 Å². The Morgan fingerprint density at radius 3 is 2.62 bits per heavy atom. The number of hydrogen-bond donors (Lipinski definition) is 0. The highest BCUT2D eigenvalue weighted by Crippen LogP contribution is 2.32. The van der Waals surface area contributed by atoms with Crippen molar-refractivity contribution >= 4 is 0 Å². The predicted molar refractivity (Wildman–Crippen MR) is 31.6 cm³/mol. The van der Waals surface area contributed by atoms with Gasteiger partial charge in [-0.3, -0.25) is 0 Å². The molecule has 2 bridgehead atoms. The molecule has 3 atom stereocenters. The van der Waals surface area contributed by atoms with Gasteiger partial charge in [0.2, 0.25) is 0 Å². The quantitative estimate of drug-likeness (QED) is 0.428. The first-order valence-corrected chi connectivity index (χ1v) is 3.20. The molecule has 0 spiro atoms. The number of ether oxygens (including phenoxy) is 1. The fourth-order valence-electron chi connectivity index (χ4n) is 1.48. The summed E-state index contributed by atoms with van der Waals surface area (Å²) in [7, 11) is 0. The summed E-state index contributed by atoms with van der Waals surface area (Å²) >= 11 is 0. The van der Waals surface area contributed by atoms with Gasteiger partial charge in [-0.2, -0.15) is 0 Å². The first-order valence-electron chi connectivity index (χ1n) is 3.20. The monoisotopic (exact) mass is 110 g/mol. The maximum Gasteiger partial charge on any atom is 0.0791 e. The van der Waals surface area contributed by atoms with Crippen LogP contribution in [0.3, 0.4) is 0 Å². The van der Waals surface area contributed by atoms with Crippen LogP contribution in [0.15, 0.2) is 12.2 Å². The molecule has 2 aliphatic rings. The van der Waals surface area contributed by atoms with E-state index in [1.807, 2.05) is 0 Å². The molecule has 0 N–H and O–H groups in total. The van der Waals surface area contributed by atoms with Crippen LogP contribution in [-0.2, 0) is 4.74 Å². The van der Waals surface area contributed by atoms with E-state index >= 15 is 0 Å². The molecule has 0 aromatic heterocycles. The summed E-state index contributed by atoms with van der Waals surface area (Å²) in [5.74, 6) is 0.769. The lowest BCUT2D eigenvalue weighted by molar-refractivity contribution is 0.111. The molecule has 0 saturated carbocycles. The van der Waals surface area contributed by atoms with Gasteiger partial charge in [-0.1, -0.05) is 19.1 Å². The van der Waals surface area contributed by atoms with Gasteiger partial charge in [0.15, 0.2) is 0 Å². The van der Waals surface area contributed by atoms with Gasteiger partial charge in [0.25, 0.3) is 0 Å². The molecule has 1 heteroatoms. The molecule has 0 radical (unpaired) electrons. The van der Waals surface area contributed by atoms with Gasteiger partial charge in [-0.05, 0) is 12.3 Å². The van der Waals surface area contributed by atoms with E-state index in [2.05, 4.69) is 19.1 Å². The van der Waals surface area contributed by atoms with Crippen molar-refractivity contribution in [1.29, 1.82) is 0 Å². The SMILES string of the molecule is C[C@H]1C[C@@H]2C=C[C@H]1O2. The Labute approximate surface area is 49.3 Å². The van der Waals surface area contributed by atoms with Crippen molar-refractivity contribution in [1.82, 2.24) is 0 Å². The highest BCUT2D eigenvalue weighted by Gasteiger charge is 2.33. The van der Waals surface area contributed by atoms with E-state index in [0.29, 0.717) is 12.2 Å². The second kappa shape index (κ2) is 1.35. The lowest BCUT2D eigenvalue weighted by atomic mass is 9.97. The minimum absolute atomic E-state index is 0.458. The van der Waals surface area contributed by atoms with Crippen LogP contribution in [0.25, 0.3) is 0 Å². The standard InChI is InChI=1S/C7H10O/c1-5-4-6-2-3-7(5)8-6/h2-3,5-7H,4H2,1H3/t5-,6-,7+/m0/s1. The van der Waals surface area contributed by atoms with Crippen molar-refractivity contribution in [2.75, 3.05) is 0 Å². The predicted octanol–water partition coefficient (Wildman–Crippen LogP) is 1.35. The van der Waals surface area contributed by atoms with Crippen LogP contribution < -0.4 is 0 Å². The van der Waals surface area contributed by atoms with E-state index < -0.39 is 0 Å². The van der Waals surface area contributed by atoms with Crippen LogP contribution in [0.4, 0.5) is 0 Å². The lowest BCUT2D eigenvalue weighted by Crippen LogP contribution is -2.07. The van der Waals surface area contributed by atoms with Crippen LogP contribution in [0.2, 0.25) is 0 Å². The van der Waals surface area contributed by atoms with Crippen molar-refractivity contribution in [2.45, 2.75) is 25.6 Å². The third-order valence-corrected chi connectivity index (χ3v) is 2.01. The third-order valence-electron chi connectivity index (χ3n) is 2.01. The van der Waals surface area contributed by atoms with Crippen LogP contribution in [0.1, 0.15) is 13.3 Å². The zero-order chi connectivity index (χ0) is 5.56. The lowest BCUT2D eigenvalue weighted by Gasteiger charge is -2.06. The molecule has 2 rings (SSSR count). The molecule has 0 aliphatic carbocycles. The normalized spacial score (nSPS) is 50.9. The molecule has 0 amide bonds. The van der Waals surface area contributed by atoms with Crippen molar-refractivity contribution in [3.8, 4) is 0 Å². The zero-order valence-electron chi connectivity index (χ0n) is 5.00. The Balaban J connectivity index is 2.23. The Hall–Kier alpha value is -0.300. The minimum Gasteiger partial charge on any atom is -0.367 e. The number of fused-ring (bicyclic) bond motifs is 2. The van der Waals surface area contributed by atoms with E-state index in [9.17, 15) is 0 Å². The summed E-state index contributed by atoms with van der Waals surface area (Å²) in [6.07, 6.45) is 6.51. The Kier molecular flexibility index (Phi) is 0.770.